The smallest absolute Gasteiger partial charge is 0.129 e. The molecule has 4 aliphatic rings. The number of hydrogen-bond acceptors (Lipinski definition) is 3. The molecule has 0 aromatic carbocycles. The number of aryl methyl sites for hydroxylation is 1. The highest BCUT2D eigenvalue weighted by molar-refractivity contribution is 5.37. The van der Waals surface area contributed by atoms with Crippen molar-refractivity contribution < 1.29 is 0 Å². The number of aromatic nitrogens is 2. The zero-order valence-electron chi connectivity index (χ0n) is 13.3. The summed E-state index contributed by atoms with van der Waals surface area (Å²) in [5, 5.41) is 3.72. The molecule has 5 rings (SSSR count). The summed E-state index contributed by atoms with van der Waals surface area (Å²) in [6.07, 6.45) is 11.5. The molecule has 1 atom stereocenters. The quantitative estimate of drug-likeness (QED) is 0.906. The first-order valence-electron chi connectivity index (χ1n) is 8.74. The van der Waals surface area contributed by atoms with Crippen molar-refractivity contribution in [1.82, 2.24) is 9.97 Å². The number of rotatable bonds is 4. The summed E-state index contributed by atoms with van der Waals surface area (Å²) in [6, 6.07) is 2.65. The van der Waals surface area contributed by atoms with Gasteiger partial charge in [-0.2, -0.15) is 0 Å². The maximum atomic E-state index is 4.43. The van der Waals surface area contributed by atoms with Gasteiger partial charge >= 0.3 is 0 Å². The number of nitrogens with one attached hydrogen (secondary N) is 1. The Morgan fingerprint density at radius 1 is 1.14 bits per heavy atom. The van der Waals surface area contributed by atoms with Crippen LogP contribution in [0.5, 0.6) is 0 Å². The second-order valence-corrected chi connectivity index (χ2v) is 7.89. The molecule has 4 saturated carbocycles. The standard InChI is InChI=1S/C18H27N3/c1-3-16-7-17(20-11-19-16)21-12(2)18-8-13-4-14(9-18)6-15(5-13)10-18/h7,11-15H,3-6,8-10H2,1-2H3,(H,19,20,21). The number of nitrogens with zero attached hydrogens (tertiary/aromatic N) is 2. The third kappa shape index (κ3) is 2.35. The van der Waals surface area contributed by atoms with E-state index in [0.717, 1.165) is 35.7 Å². The Kier molecular flexibility index (Phi) is 3.20. The van der Waals surface area contributed by atoms with Crippen LogP contribution in [0.2, 0.25) is 0 Å². The molecule has 1 heterocycles. The van der Waals surface area contributed by atoms with Gasteiger partial charge < -0.3 is 5.32 Å². The first-order chi connectivity index (χ1) is 10.2. The second-order valence-electron chi connectivity index (χ2n) is 7.89. The fourth-order valence-corrected chi connectivity index (χ4v) is 5.75. The lowest BCUT2D eigenvalue weighted by Crippen LogP contribution is -2.53. The fraction of sp³-hybridized carbons (Fsp3) is 0.778. The topological polar surface area (TPSA) is 37.8 Å². The van der Waals surface area contributed by atoms with Gasteiger partial charge in [-0.05, 0) is 75.0 Å². The minimum absolute atomic E-state index is 0.533. The van der Waals surface area contributed by atoms with Gasteiger partial charge in [0, 0.05) is 17.8 Å². The first kappa shape index (κ1) is 13.5. The van der Waals surface area contributed by atoms with Crippen LogP contribution in [0, 0.1) is 23.2 Å². The Balaban J connectivity index is 1.53. The van der Waals surface area contributed by atoms with E-state index in [0.29, 0.717) is 11.5 Å². The van der Waals surface area contributed by atoms with Gasteiger partial charge in [-0.25, -0.2) is 9.97 Å². The van der Waals surface area contributed by atoms with Crippen molar-refractivity contribution in [3.63, 3.8) is 0 Å². The van der Waals surface area contributed by atoms with Crippen LogP contribution in [-0.4, -0.2) is 16.0 Å². The van der Waals surface area contributed by atoms with E-state index in [1.807, 2.05) is 0 Å². The molecule has 1 aromatic heterocycles. The predicted molar refractivity (Wildman–Crippen MR) is 85.1 cm³/mol. The zero-order valence-corrected chi connectivity index (χ0v) is 13.3. The van der Waals surface area contributed by atoms with E-state index in [2.05, 4.69) is 35.2 Å². The van der Waals surface area contributed by atoms with Gasteiger partial charge in [-0.3, -0.25) is 0 Å². The molecule has 0 aliphatic heterocycles. The van der Waals surface area contributed by atoms with Gasteiger partial charge in [-0.15, -0.1) is 0 Å². The van der Waals surface area contributed by atoms with E-state index >= 15 is 0 Å². The molecule has 0 radical (unpaired) electrons. The normalized spacial score (nSPS) is 38.5. The Morgan fingerprint density at radius 2 is 1.76 bits per heavy atom. The Labute approximate surface area is 128 Å². The van der Waals surface area contributed by atoms with Crippen molar-refractivity contribution in [3.05, 3.63) is 18.1 Å². The van der Waals surface area contributed by atoms with Crippen LogP contribution in [0.1, 0.15) is 58.1 Å². The molecule has 0 amide bonds. The van der Waals surface area contributed by atoms with Gasteiger partial charge in [0.1, 0.15) is 12.1 Å². The molecule has 3 heteroatoms. The lowest BCUT2D eigenvalue weighted by molar-refractivity contribution is -0.0603. The maximum Gasteiger partial charge on any atom is 0.129 e. The van der Waals surface area contributed by atoms with Gasteiger partial charge in [0.05, 0.1) is 0 Å². The van der Waals surface area contributed by atoms with E-state index in [9.17, 15) is 0 Å². The average molecular weight is 285 g/mol. The molecule has 4 bridgehead atoms. The average Bonchev–Trinajstić information content (AvgIpc) is 2.46. The summed E-state index contributed by atoms with van der Waals surface area (Å²) in [4.78, 5) is 8.74. The van der Waals surface area contributed by atoms with Crippen LogP contribution in [0.4, 0.5) is 5.82 Å². The summed E-state index contributed by atoms with van der Waals surface area (Å²) in [7, 11) is 0. The van der Waals surface area contributed by atoms with Crippen LogP contribution in [0.3, 0.4) is 0 Å². The lowest BCUT2D eigenvalue weighted by atomic mass is 9.48. The van der Waals surface area contributed by atoms with Crippen molar-refractivity contribution >= 4 is 5.82 Å². The highest BCUT2D eigenvalue weighted by Crippen LogP contribution is 2.61. The van der Waals surface area contributed by atoms with Crippen LogP contribution < -0.4 is 5.32 Å². The molecule has 1 N–H and O–H groups in total. The minimum Gasteiger partial charge on any atom is -0.367 e. The summed E-state index contributed by atoms with van der Waals surface area (Å²) in [5.74, 6) is 4.05. The van der Waals surface area contributed by atoms with Crippen molar-refractivity contribution in [3.8, 4) is 0 Å². The molecular formula is C18H27N3. The van der Waals surface area contributed by atoms with E-state index in [4.69, 9.17) is 0 Å². The lowest BCUT2D eigenvalue weighted by Gasteiger charge is -2.59. The number of hydrogen-bond donors (Lipinski definition) is 1. The summed E-state index contributed by atoms with van der Waals surface area (Å²) < 4.78 is 0. The molecule has 1 unspecified atom stereocenters. The molecule has 21 heavy (non-hydrogen) atoms. The van der Waals surface area contributed by atoms with Gasteiger partial charge in [-0.1, -0.05) is 6.92 Å². The largest absolute Gasteiger partial charge is 0.367 e. The maximum absolute atomic E-state index is 4.43. The summed E-state index contributed by atoms with van der Waals surface area (Å²) >= 11 is 0. The van der Waals surface area contributed by atoms with Crippen molar-refractivity contribution in [2.24, 2.45) is 23.2 Å². The Hall–Kier alpha value is -1.12. The first-order valence-corrected chi connectivity index (χ1v) is 8.74. The molecule has 1 aromatic rings. The number of anilines is 1. The third-order valence-electron chi connectivity index (χ3n) is 6.45. The minimum atomic E-state index is 0.533. The molecule has 114 valence electrons. The zero-order chi connectivity index (χ0) is 14.4. The van der Waals surface area contributed by atoms with E-state index < -0.39 is 0 Å². The molecule has 4 aliphatic carbocycles. The molecular weight excluding hydrogens is 258 g/mol. The third-order valence-corrected chi connectivity index (χ3v) is 6.45. The van der Waals surface area contributed by atoms with Crippen LogP contribution >= 0.6 is 0 Å². The van der Waals surface area contributed by atoms with E-state index in [1.165, 1.54) is 38.5 Å². The molecule has 0 saturated heterocycles. The predicted octanol–water partition coefficient (Wildman–Crippen LogP) is 4.06. The Morgan fingerprint density at radius 3 is 2.33 bits per heavy atom. The fourth-order valence-electron chi connectivity index (χ4n) is 5.75. The summed E-state index contributed by atoms with van der Waals surface area (Å²) in [6.45, 7) is 4.54. The second kappa shape index (κ2) is 4.96. The van der Waals surface area contributed by atoms with Gasteiger partial charge in [0.2, 0.25) is 0 Å². The monoisotopic (exact) mass is 285 g/mol. The van der Waals surface area contributed by atoms with Crippen molar-refractivity contribution in [1.29, 1.82) is 0 Å². The molecule has 4 fully saturated rings. The van der Waals surface area contributed by atoms with Gasteiger partial charge in [0.25, 0.3) is 0 Å². The van der Waals surface area contributed by atoms with Gasteiger partial charge in [0.15, 0.2) is 0 Å². The highest BCUT2D eigenvalue weighted by Gasteiger charge is 2.53. The summed E-state index contributed by atoms with van der Waals surface area (Å²) in [5.41, 5.74) is 1.66. The van der Waals surface area contributed by atoms with E-state index in [-0.39, 0.29) is 0 Å². The molecule has 3 nitrogen and oxygen atoms in total. The highest BCUT2D eigenvalue weighted by atomic mass is 15.0. The van der Waals surface area contributed by atoms with Crippen LogP contribution in [-0.2, 0) is 6.42 Å². The van der Waals surface area contributed by atoms with Crippen LogP contribution in [0.15, 0.2) is 12.4 Å². The Bertz CT molecular complexity index is 490. The van der Waals surface area contributed by atoms with Crippen LogP contribution in [0.25, 0.3) is 0 Å². The SMILES string of the molecule is CCc1cc(NC(C)C23CC4CC(CC(C4)C2)C3)ncn1. The van der Waals surface area contributed by atoms with Crippen molar-refractivity contribution in [2.75, 3.05) is 5.32 Å². The van der Waals surface area contributed by atoms with E-state index in [1.54, 1.807) is 6.33 Å². The molecule has 0 spiro atoms. The van der Waals surface area contributed by atoms with Crippen molar-refractivity contribution in [2.45, 2.75) is 64.8 Å².